The lowest BCUT2D eigenvalue weighted by Crippen LogP contribution is -2.29. The average Bonchev–Trinajstić information content (AvgIpc) is 2.65. The number of amides is 1. The number of nitrogens with one attached hydrogen (secondary N) is 2. The first-order chi connectivity index (χ1) is 8.73. The van der Waals surface area contributed by atoms with Crippen molar-refractivity contribution in [1.29, 1.82) is 0 Å². The molecule has 0 radical (unpaired) electrons. The van der Waals surface area contributed by atoms with Gasteiger partial charge in [-0.3, -0.25) is 9.89 Å². The van der Waals surface area contributed by atoms with E-state index >= 15 is 0 Å². The number of ether oxygens (including phenoxy) is 1. The van der Waals surface area contributed by atoms with Crippen LogP contribution in [0.25, 0.3) is 0 Å². The van der Waals surface area contributed by atoms with Gasteiger partial charge in [0, 0.05) is 17.2 Å². The molecule has 19 heavy (non-hydrogen) atoms. The summed E-state index contributed by atoms with van der Waals surface area (Å²) in [5, 5.41) is 8.59. The van der Waals surface area contributed by atoms with Crippen molar-refractivity contribution in [1.82, 2.24) is 15.5 Å². The molecule has 1 rings (SSSR count). The topological polar surface area (TPSA) is 101 Å². The summed E-state index contributed by atoms with van der Waals surface area (Å²) in [6.45, 7) is 5.80. The highest BCUT2D eigenvalue weighted by Gasteiger charge is 2.26. The number of hydrogen-bond donors (Lipinski definition) is 2. The zero-order valence-corrected chi connectivity index (χ0v) is 12.4. The lowest BCUT2D eigenvalue weighted by atomic mass is 10.3. The predicted molar refractivity (Wildman–Crippen MR) is 69.8 cm³/mol. The zero-order valence-electron chi connectivity index (χ0n) is 10.9. The number of aromatic amines is 1. The Bertz CT molecular complexity index is 553. The third-order valence-electron chi connectivity index (χ3n) is 2.19. The van der Waals surface area contributed by atoms with Crippen LogP contribution in [-0.4, -0.2) is 43.8 Å². The Balaban J connectivity index is 2.74. The van der Waals surface area contributed by atoms with E-state index in [4.69, 9.17) is 15.4 Å². The normalized spacial score (nSPS) is 11.8. The quantitative estimate of drug-likeness (QED) is 0.598. The van der Waals surface area contributed by atoms with Crippen molar-refractivity contribution in [2.45, 2.75) is 31.8 Å². The fourth-order valence-electron chi connectivity index (χ4n) is 1.41. The lowest BCUT2D eigenvalue weighted by Gasteiger charge is -2.08. The van der Waals surface area contributed by atoms with Crippen LogP contribution in [0.15, 0.2) is 4.90 Å². The maximum absolute atomic E-state index is 11.8. The number of halogens is 1. The molecular weight excluding hydrogens is 294 g/mol. The second kappa shape index (κ2) is 6.36. The van der Waals surface area contributed by atoms with Crippen LogP contribution >= 0.6 is 10.7 Å². The summed E-state index contributed by atoms with van der Waals surface area (Å²) in [4.78, 5) is 11.5. The van der Waals surface area contributed by atoms with Gasteiger partial charge in [-0.2, -0.15) is 5.10 Å². The number of carbonyl (C=O) groups excluding carboxylic acids is 1. The largest absolute Gasteiger partial charge is 0.377 e. The molecule has 0 aliphatic heterocycles. The molecule has 0 saturated heterocycles. The van der Waals surface area contributed by atoms with E-state index in [-0.39, 0.29) is 28.9 Å². The minimum absolute atomic E-state index is 0.0586. The molecule has 1 amide bonds. The molecule has 0 aromatic carbocycles. The van der Waals surface area contributed by atoms with Gasteiger partial charge in [0.2, 0.25) is 0 Å². The molecule has 108 valence electrons. The fourth-order valence-corrected chi connectivity index (χ4v) is 2.76. The van der Waals surface area contributed by atoms with E-state index in [1.807, 2.05) is 13.8 Å². The van der Waals surface area contributed by atoms with Gasteiger partial charge in [-0.25, -0.2) is 8.42 Å². The van der Waals surface area contributed by atoms with Crippen LogP contribution in [0.5, 0.6) is 0 Å². The molecule has 0 saturated carbocycles. The van der Waals surface area contributed by atoms with Gasteiger partial charge < -0.3 is 10.1 Å². The van der Waals surface area contributed by atoms with Crippen LogP contribution in [0.4, 0.5) is 0 Å². The number of hydrogen-bond acceptors (Lipinski definition) is 5. The molecule has 1 heterocycles. The van der Waals surface area contributed by atoms with Crippen molar-refractivity contribution >= 4 is 25.6 Å². The summed E-state index contributed by atoms with van der Waals surface area (Å²) in [7, 11) is 1.24. The van der Waals surface area contributed by atoms with Crippen LogP contribution in [0.2, 0.25) is 0 Å². The summed E-state index contributed by atoms with van der Waals surface area (Å²) in [5.41, 5.74) is -0.0179. The number of H-pyrrole nitrogens is 1. The average molecular weight is 310 g/mol. The number of nitrogens with zero attached hydrogens (tertiary/aromatic N) is 1. The third-order valence-corrected chi connectivity index (χ3v) is 3.64. The molecule has 1 aromatic heterocycles. The second-order valence-electron chi connectivity index (χ2n) is 4.14. The molecule has 0 fully saturated rings. The fraction of sp³-hybridized carbons (Fsp3) is 0.600. The molecule has 0 aliphatic rings. The van der Waals surface area contributed by atoms with E-state index in [0.717, 1.165) is 0 Å². The zero-order chi connectivity index (χ0) is 14.6. The van der Waals surface area contributed by atoms with Crippen LogP contribution in [0, 0.1) is 6.92 Å². The van der Waals surface area contributed by atoms with Crippen molar-refractivity contribution in [2.75, 3.05) is 13.2 Å². The van der Waals surface area contributed by atoms with Crippen molar-refractivity contribution in [3.05, 3.63) is 11.4 Å². The van der Waals surface area contributed by atoms with Gasteiger partial charge in [0.15, 0.2) is 5.69 Å². The third kappa shape index (κ3) is 4.48. The Labute approximate surface area is 116 Å². The molecule has 0 spiro atoms. The summed E-state index contributed by atoms with van der Waals surface area (Å²) in [6.07, 6.45) is 0.0586. The maximum Gasteiger partial charge on any atom is 0.273 e. The highest BCUT2D eigenvalue weighted by molar-refractivity contribution is 8.13. The number of carbonyl (C=O) groups is 1. The van der Waals surface area contributed by atoms with Crippen molar-refractivity contribution in [2.24, 2.45) is 0 Å². The van der Waals surface area contributed by atoms with E-state index in [0.29, 0.717) is 6.61 Å². The van der Waals surface area contributed by atoms with Crippen LogP contribution in [0.3, 0.4) is 0 Å². The molecule has 9 heteroatoms. The number of aromatic nitrogens is 2. The summed E-state index contributed by atoms with van der Waals surface area (Å²) in [5.74, 6) is -0.615. The van der Waals surface area contributed by atoms with E-state index in [1.165, 1.54) is 6.92 Å². The van der Waals surface area contributed by atoms with Crippen molar-refractivity contribution in [3.63, 3.8) is 0 Å². The smallest absolute Gasteiger partial charge is 0.273 e. The van der Waals surface area contributed by atoms with Crippen LogP contribution in [0.1, 0.15) is 30.0 Å². The second-order valence-corrected chi connectivity index (χ2v) is 6.64. The molecule has 0 aliphatic carbocycles. The van der Waals surface area contributed by atoms with Gasteiger partial charge >= 0.3 is 0 Å². The monoisotopic (exact) mass is 309 g/mol. The Kier molecular flexibility index (Phi) is 5.33. The van der Waals surface area contributed by atoms with Crippen LogP contribution < -0.4 is 5.32 Å². The molecule has 1 aromatic rings. The minimum Gasteiger partial charge on any atom is -0.377 e. The molecule has 2 N–H and O–H groups in total. The Morgan fingerprint density at radius 3 is 2.68 bits per heavy atom. The summed E-state index contributed by atoms with van der Waals surface area (Å²) >= 11 is 0. The summed E-state index contributed by atoms with van der Waals surface area (Å²) in [6, 6.07) is 0. The predicted octanol–water partition coefficient (Wildman–Crippen LogP) is 0.800. The highest BCUT2D eigenvalue weighted by atomic mass is 35.7. The van der Waals surface area contributed by atoms with Gasteiger partial charge in [-0.15, -0.1) is 0 Å². The van der Waals surface area contributed by atoms with Gasteiger partial charge in [0.05, 0.1) is 18.4 Å². The lowest BCUT2D eigenvalue weighted by molar-refractivity contribution is 0.0743. The molecule has 0 atom stereocenters. The highest BCUT2D eigenvalue weighted by Crippen LogP contribution is 2.21. The Morgan fingerprint density at radius 1 is 1.53 bits per heavy atom. The Morgan fingerprint density at radius 2 is 2.16 bits per heavy atom. The molecular formula is C10H16ClN3O4S. The standard InChI is InChI=1S/C10H16ClN3O4S/c1-6(2)18-5-4-12-10(15)8-9(19(11,16)17)7(3)13-14-8/h6H,4-5H2,1-3H3,(H,12,15)(H,13,14). The van der Waals surface area contributed by atoms with Gasteiger partial charge in [0.25, 0.3) is 15.0 Å². The van der Waals surface area contributed by atoms with E-state index in [9.17, 15) is 13.2 Å². The molecule has 0 bridgehead atoms. The van der Waals surface area contributed by atoms with Crippen molar-refractivity contribution < 1.29 is 17.9 Å². The minimum atomic E-state index is -4.02. The first-order valence-corrected chi connectivity index (χ1v) is 7.94. The van der Waals surface area contributed by atoms with E-state index in [1.54, 1.807) is 0 Å². The Hall–Kier alpha value is -1.12. The molecule has 0 unspecified atom stereocenters. The van der Waals surface area contributed by atoms with Crippen molar-refractivity contribution in [3.8, 4) is 0 Å². The first-order valence-electron chi connectivity index (χ1n) is 5.63. The molecule has 7 nitrogen and oxygen atoms in total. The van der Waals surface area contributed by atoms with E-state index in [2.05, 4.69) is 15.5 Å². The SMILES string of the molecule is Cc1[nH]nc(C(=O)NCCOC(C)C)c1S(=O)(=O)Cl. The van der Waals surface area contributed by atoms with Gasteiger partial charge in [-0.05, 0) is 20.8 Å². The summed E-state index contributed by atoms with van der Waals surface area (Å²) < 4.78 is 28.0. The first kappa shape index (κ1) is 15.9. The number of rotatable bonds is 6. The van der Waals surface area contributed by atoms with Gasteiger partial charge in [0.1, 0.15) is 4.90 Å². The van der Waals surface area contributed by atoms with Crippen LogP contribution in [-0.2, 0) is 13.8 Å². The maximum atomic E-state index is 11.8. The van der Waals surface area contributed by atoms with Gasteiger partial charge in [-0.1, -0.05) is 0 Å². The number of aryl methyl sites for hydroxylation is 1. The van der Waals surface area contributed by atoms with E-state index < -0.39 is 15.0 Å².